The van der Waals surface area contributed by atoms with E-state index in [-0.39, 0.29) is 54.0 Å². The normalized spacial score (nSPS) is 23.2. The van der Waals surface area contributed by atoms with Crippen molar-refractivity contribution in [2.45, 2.75) is 63.3 Å². The minimum atomic E-state index is -1.09. The Morgan fingerprint density at radius 2 is 1.96 bits per heavy atom. The number of benzene rings is 2. The largest absolute Gasteiger partial charge is 2.00 e. The van der Waals surface area contributed by atoms with Gasteiger partial charge in [-0.05, 0) is 48.6 Å². The number of aryl methyl sites for hydroxylation is 1. The molecule has 0 bridgehead atoms. The van der Waals surface area contributed by atoms with Crippen LogP contribution in [-0.4, -0.2) is 83.6 Å². The Hall–Kier alpha value is -3.47. The van der Waals surface area contributed by atoms with Crippen molar-refractivity contribution in [1.29, 1.82) is 0 Å². The van der Waals surface area contributed by atoms with Crippen molar-refractivity contribution < 1.29 is 44.5 Å². The van der Waals surface area contributed by atoms with E-state index in [1.165, 1.54) is 6.47 Å². The number of aromatic nitrogens is 3. The molecule has 8 nitrogen and oxygen atoms in total. The zero-order chi connectivity index (χ0) is 31.8. The number of fused-ring (bicyclic) bond motifs is 3. The summed E-state index contributed by atoms with van der Waals surface area (Å²) in [5.74, 6) is 0.686. The molecule has 0 spiro atoms. The van der Waals surface area contributed by atoms with Crippen molar-refractivity contribution in [3.63, 3.8) is 0 Å². The fourth-order valence-electron chi connectivity index (χ4n) is 7.66. The van der Waals surface area contributed by atoms with Gasteiger partial charge in [0.25, 0.3) is 0 Å². The molecule has 12 heteroatoms. The number of ether oxygens (including phenoxy) is 2. The van der Waals surface area contributed by atoms with Crippen molar-refractivity contribution in [2.24, 2.45) is 0 Å². The first-order chi connectivity index (χ1) is 22.3. The van der Waals surface area contributed by atoms with E-state index in [4.69, 9.17) is 14.5 Å². The van der Waals surface area contributed by atoms with Crippen molar-refractivity contribution >= 4 is 34.0 Å². The molecule has 3 aliphatic heterocycles. The number of piperidine rings is 1. The van der Waals surface area contributed by atoms with E-state index in [2.05, 4.69) is 14.9 Å². The van der Waals surface area contributed by atoms with Gasteiger partial charge in [0, 0.05) is 37.9 Å². The summed E-state index contributed by atoms with van der Waals surface area (Å²) in [5, 5.41) is 2.13. The molecule has 2 aromatic heterocycles. The molecule has 1 radical (unpaired) electrons. The van der Waals surface area contributed by atoms with Crippen LogP contribution in [-0.2, 0) is 33.0 Å². The van der Waals surface area contributed by atoms with E-state index in [0.29, 0.717) is 55.5 Å². The van der Waals surface area contributed by atoms with Crippen LogP contribution in [0.2, 0.25) is 0 Å². The molecule has 0 amide bonds. The maximum atomic E-state index is 16.8. The minimum Gasteiger partial charge on any atom is -0.653 e. The Bertz CT molecular complexity index is 1750. The van der Waals surface area contributed by atoms with Crippen LogP contribution in [0.1, 0.15) is 44.6 Å². The predicted molar refractivity (Wildman–Crippen MR) is 169 cm³/mol. The van der Waals surface area contributed by atoms with Gasteiger partial charge in [-0.2, -0.15) is 16.9 Å². The number of carbonyl (C=O) groups excluding carboxylic acids is 1. The molecule has 47 heavy (non-hydrogen) atoms. The summed E-state index contributed by atoms with van der Waals surface area (Å²) >= 11 is 0. The van der Waals surface area contributed by atoms with Gasteiger partial charge in [0.2, 0.25) is 0 Å². The molecule has 247 valence electrons. The van der Waals surface area contributed by atoms with Crippen LogP contribution in [0.4, 0.5) is 19.0 Å². The molecule has 3 fully saturated rings. The van der Waals surface area contributed by atoms with Gasteiger partial charge in [0.15, 0.2) is 5.82 Å². The van der Waals surface area contributed by atoms with E-state index in [1.807, 2.05) is 43.3 Å². The molecule has 0 N–H and O–H groups in total. The van der Waals surface area contributed by atoms with Gasteiger partial charge in [0.1, 0.15) is 29.8 Å². The molecule has 2 aromatic carbocycles. The standard InChI is InChI=1S/C35H36F3N5O3.Mn/c1-22-14-25(36)18-42(17-22)33-28-16-39-31(27-10-3-8-23-6-2-7-24(29(23)27)9-4-13-45-21-44)30(38)32(28)40-34(41-33)46-20-35-11-5-12-43(35)19-26(37)15-35;/h2-3,6-8,10,16,25-26H,4-5,9,11-15,17-20H2,1H3;/q-2;+2/t25-,26+,35-;/m0./s1. The number of alkyl halides is 2. The smallest absolute Gasteiger partial charge is 0.653 e. The molecule has 7 rings (SSSR count). The summed E-state index contributed by atoms with van der Waals surface area (Å²) in [6, 6.07) is 11.5. The summed E-state index contributed by atoms with van der Waals surface area (Å²) in [4.78, 5) is 28.3. The second-order valence-electron chi connectivity index (χ2n) is 12.9. The zero-order valence-corrected chi connectivity index (χ0v) is 27.3. The van der Waals surface area contributed by atoms with Crippen molar-refractivity contribution in [1.82, 2.24) is 19.9 Å². The van der Waals surface area contributed by atoms with Crippen molar-refractivity contribution in [2.75, 3.05) is 44.3 Å². The molecule has 0 unspecified atom stereocenters. The summed E-state index contributed by atoms with van der Waals surface area (Å²) in [6.07, 6.45) is 3.24. The summed E-state index contributed by atoms with van der Waals surface area (Å²) in [7, 11) is 0. The quantitative estimate of drug-likeness (QED) is 0.113. The molecule has 3 aliphatic rings. The van der Waals surface area contributed by atoms with Crippen LogP contribution in [0.15, 0.2) is 42.6 Å². The number of anilines is 1. The van der Waals surface area contributed by atoms with Gasteiger partial charge >= 0.3 is 23.1 Å². The first-order valence-electron chi connectivity index (χ1n) is 15.9. The Morgan fingerprint density at radius 1 is 1.13 bits per heavy atom. The Balaban J connectivity index is 0.00000386. The van der Waals surface area contributed by atoms with Crippen LogP contribution < -0.4 is 9.64 Å². The zero-order valence-electron chi connectivity index (χ0n) is 26.2. The third-order valence-electron chi connectivity index (χ3n) is 9.62. The monoisotopic (exact) mass is 686 g/mol. The molecule has 3 saturated heterocycles. The number of hydrogen-bond acceptors (Lipinski definition) is 8. The molecular formula is C35H36F3MnN5O3. The number of halogens is 3. The van der Waals surface area contributed by atoms with Crippen LogP contribution in [0.5, 0.6) is 6.01 Å². The van der Waals surface area contributed by atoms with E-state index < -0.39 is 23.7 Å². The third kappa shape index (κ3) is 6.52. The topological polar surface area (TPSA) is 80.7 Å². The average molecular weight is 687 g/mol. The fraction of sp³-hybridized carbons (Fsp3) is 0.457. The average Bonchev–Trinajstić information content (AvgIpc) is 3.57. The summed E-state index contributed by atoms with van der Waals surface area (Å²) < 4.78 is 57.0. The molecular weight excluding hydrogens is 650 g/mol. The first kappa shape index (κ1) is 33.4. The maximum Gasteiger partial charge on any atom is 2.00 e. The summed E-state index contributed by atoms with van der Waals surface area (Å²) in [5.41, 5.74) is 1.29. The SMILES string of the molecule is C[C-]1C[C@H](F)CN(c2nc(OC[C@@]34CCCN3C[C@H](F)C4)nc3c(F)c(-c4cccc5cccc(CCCO[C-]=O)c45)ncc23)C1.[Mn+2]. The van der Waals surface area contributed by atoms with Crippen molar-refractivity contribution in [3.8, 4) is 17.3 Å². The van der Waals surface area contributed by atoms with E-state index in [9.17, 15) is 13.6 Å². The van der Waals surface area contributed by atoms with Crippen LogP contribution >= 0.6 is 0 Å². The number of nitrogens with zero attached hydrogens (tertiary/aromatic N) is 5. The number of rotatable bonds is 10. The van der Waals surface area contributed by atoms with Crippen molar-refractivity contribution in [3.05, 3.63) is 59.9 Å². The Labute approximate surface area is 282 Å². The van der Waals surface area contributed by atoms with Gasteiger partial charge in [-0.3, -0.25) is 15.8 Å². The fourth-order valence-corrected chi connectivity index (χ4v) is 7.66. The molecule has 5 heterocycles. The molecule has 0 saturated carbocycles. The molecule has 3 atom stereocenters. The predicted octanol–water partition coefficient (Wildman–Crippen LogP) is 6.10. The minimum absolute atomic E-state index is 0. The van der Waals surface area contributed by atoms with E-state index in [1.54, 1.807) is 11.1 Å². The van der Waals surface area contributed by atoms with E-state index >= 15 is 4.39 Å². The Morgan fingerprint density at radius 3 is 2.77 bits per heavy atom. The number of pyridine rings is 1. The van der Waals surface area contributed by atoms with Gasteiger partial charge in [-0.15, -0.1) is 13.0 Å². The molecule has 4 aromatic rings. The third-order valence-corrected chi connectivity index (χ3v) is 9.62. The Kier molecular flexibility index (Phi) is 9.92. The van der Waals surface area contributed by atoms with Crippen LogP contribution in [0.25, 0.3) is 32.9 Å². The second kappa shape index (κ2) is 13.9. The maximum absolute atomic E-state index is 16.8. The van der Waals surface area contributed by atoms with Gasteiger partial charge in [-0.25, -0.2) is 13.2 Å². The second-order valence-corrected chi connectivity index (χ2v) is 12.9. The van der Waals surface area contributed by atoms with Gasteiger partial charge in [0.05, 0.1) is 17.1 Å². The van der Waals surface area contributed by atoms with Gasteiger partial charge in [-0.1, -0.05) is 42.9 Å². The van der Waals surface area contributed by atoms with Gasteiger partial charge < -0.3 is 19.2 Å². The van der Waals surface area contributed by atoms with Crippen LogP contribution in [0.3, 0.4) is 0 Å². The molecule has 0 aliphatic carbocycles. The van der Waals surface area contributed by atoms with Crippen LogP contribution in [0, 0.1) is 11.7 Å². The number of hydrogen-bond donors (Lipinski definition) is 0. The first-order valence-corrected chi connectivity index (χ1v) is 15.9. The summed E-state index contributed by atoms with van der Waals surface area (Å²) in [6.45, 7) is 5.53. The van der Waals surface area contributed by atoms with E-state index in [0.717, 1.165) is 41.6 Å².